The van der Waals surface area contributed by atoms with E-state index in [0.717, 1.165) is 12.6 Å². The highest BCUT2D eigenvalue weighted by Crippen LogP contribution is 2.30. The van der Waals surface area contributed by atoms with Gasteiger partial charge in [0.25, 0.3) is 0 Å². The maximum atomic E-state index is 3.52. The number of nitrogens with zero attached hydrogens (tertiary/aromatic N) is 1. The zero-order valence-electron chi connectivity index (χ0n) is 10.4. The Labute approximate surface area is 89.1 Å². The Morgan fingerprint density at radius 3 is 2.43 bits per heavy atom. The van der Waals surface area contributed by atoms with Crippen molar-refractivity contribution in [3.63, 3.8) is 0 Å². The van der Waals surface area contributed by atoms with Crippen LogP contribution in [-0.4, -0.2) is 37.1 Å². The highest BCUT2D eigenvalue weighted by Gasteiger charge is 2.32. The van der Waals surface area contributed by atoms with Gasteiger partial charge in [0, 0.05) is 18.6 Å². The molecule has 1 fully saturated rings. The van der Waals surface area contributed by atoms with E-state index in [1.165, 1.54) is 19.4 Å². The Morgan fingerprint density at radius 2 is 2.00 bits per heavy atom. The van der Waals surface area contributed by atoms with Crippen LogP contribution >= 0.6 is 0 Å². The minimum atomic E-state index is 0.368. The molecule has 1 aliphatic carbocycles. The Morgan fingerprint density at radius 1 is 1.43 bits per heavy atom. The lowest BCUT2D eigenvalue weighted by Crippen LogP contribution is -2.46. The Kier molecular flexibility index (Phi) is 3.96. The van der Waals surface area contributed by atoms with Crippen molar-refractivity contribution in [3.8, 4) is 0 Å². The zero-order chi connectivity index (χ0) is 10.8. The van der Waals surface area contributed by atoms with Crippen molar-refractivity contribution in [1.82, 2.24) is 10.2 Å². The van der Waals surface area contributed by atoms with Crippen LogP contribution in [0.1, 0.15) is 40.5 Å². The molecular weight excluding hydrogens is 172 g/mol. The van der Waals surface area contributed by atoms with Gasteiger partial charge in [0.2, 0.25) is 0 Å². The summed E-state index contributed by atoms with van der Waals surface area (Å²) in [6.07, 6.45) is 2.81. The fraction of sp³-hybridized carbons (Fsp3) is 1.00. The third-order valence-corrected chi connectivity index (χ3v) is 3.51. The predicted octanol–water partition coefficient (Wildman–Crippen LogP) is 2.10. The van der Waals surface area contributed by atoms with E-state index in [0.29, 0.717) is 11.5 Å². The van der Waals surface area contributed by atoms with Gasteiger partial charge in [-0.25, -0.2) is 0 Å². The lowest BCUT2D eigenvalue weighted by molar-refractivity contribution is 0.160. The van der Waals surface area contributed by atoms with Crippen LogP contribution in [0.5, 0.6) is 0 Å². The largest absolute Gasteiger partial charge is 0.314 e. The van der Waals surface area contributed by atoms with Gasteiger partial charge in [-0.05, 0) is 38.8 Å². The minimum Gasteiger partial charge on any atom is -0.314 e. The first-order chi connectivity index (χ1) is 6.47. The molecule has 0 aliphatic heterocycles. The van der Waals surface area contributed by atoms with Crippen LogP contribution in [0.4, 0.5) is 0 Å². The molecule has 1 rings (SSSR count). The summed E-state index contributed by atoms with van der Waals surface area (Å²) in [5, 5.41) is 3.52. The molecule has 1 N–H and O–H groups in total. The van der Waals surface area contributed by atoms with E-state index >= 15 is 0 Å². The van der Waals surface area contributed by atoms with Crippen molar-refractivity contribution in [3.05, 3.63) is 0 Å². The monoisotopic (exact) mass is 198 g/mol. The second-order valence-corrected chi connectivity index (χ2v) is 5.41. The highest BCUT2D eigenvalue weighted by atomic mass is 15.2. The van der Waals surface area contributed by atoms with Crippen molar-refractivity contribution in [1.29, 1.82) is 0 Å². The Balaban J connectivity index is 2.37. The summed E-state index contributed by atoms with van der Waals surface area (Å²) >= 11 is 0. The molecule has 2 nitrogen and oxygen atoms in total. The van der Waals surface area contributed by atoms with Gasteiger partial charge in [-0.15, -0.1) is 0 Å². The van der Waals surface area contributed by atoms with Gasteiger partial charge < -0.3 is 10.2 Å². The molecule has 0 aromatic carbocycles. The molecule has 1 atom stereocenters. The molecule has 0 radical (unpaired) electrons. The topological polar surface area (TPSA) is 15.3 Å². The highest BCUT2D eigenvalue weighted by molar-refractivity contribution is 4.89. The Hall–Kier alpha value is -0.0800. The molecule has 0 aromatic rings. The maximum Gasteiger partial charge on any atom is 0.0102 e. The smallest absolute Gasteiger partial charge is 0.0102 e. The molecule has 0 amide bonds. The number of nitrogens with one attached hydrogen (secondary N) is 1. The van der Waals surface area contributed by atoms with Crippen LogP contribution in [0.25, 0.3) is 0 Å². The third kappa shape index (κ3) is 3.25. The standard InChI is InChI=1S/C12H26N2/c1-6-13-10(2)12(3,4)9-14(5)11-7-8-11/h10-11,13H,6-9H2,1-5H3. The molecule has 0 aromatic heterocycles. The molecule has 0 bridgehead atoms. The normalized spacial score (nSPS) is 20.1. The zero-order valence-corrected chi connectivity index (χ0v) is 10.4. The minimum absolute atomic E-state index is 0.368. The van der Waals surface area contributed by atoms with Crippen LogP contribution < -0.4 is 5.32 Å². The van der Waals surface area contributed by atoms with Gasteiger partial charge in [0.05, 0.1) is 0 Å². The predicted molar refractivity (Wildman–Crippen MR) is 62.6 cm³/mol. The molecule has 14 heavy (non-hydrogen) atoms. The van der Waals surface area contributed by atoms with Crippen LogP contribution in [-0.2, 0) is 0 Å². The molecule has 1 saturated carbocycles. The first kappa shape index (κ1) is 12.0. The summed E-state index contributed by atoms with van der Waals surface area (Å²) in [5.41, 5.74) is 0.368. The SMILES string of the molecule is CCNC(C)C(C)(C)CN(C)C1CC1. The average molecular weight is 198 g/mol. The third-order valence-electron chi connectivity index (χ3n) is 3.51. The van der Waals surface area contributed by atoms with Crippen LogP contribution in [0.3, 0.4) is 0 Å². The number of hydrogen-bond acceptors (Lipinski definition) is 2. The number of rotatable bonds is 6. The lowest BCUT2D eigenvalue weighted by atomic mass is 9.85. The quantitative estimate of drug-likeness (QED) is 0.703. The molecule has 84 valence electrons. The summed E-state index contributed by atoms with van der Waals surface area (Å²) in [6, 6.07) is 1.47. The molecule has 0 saturated heterocycles. The second kappa shape index (κ2) is 4.63. The fourth-order valence-electron chi connectivity index (χ4n) is 2.01. The van der Waals surface area contributed by atoms with E-state index in [-0.39, 0.29) is 0 Å². The van der Waals surface area contributed by atoms with E-state index < -0.39 is 0 Å². The van der Waals surface area contributed by atoms with Crippen LogP contribution in [0, 0.1) is 5.41 Å². The van der Waals surface area contributed by atoms with Crippen molar-refractivity contribution >= 4 is 0 Å². The van der Waals surface area contributed by atoms with E-state index in [2.05, 4.69) is 45.0 Å². The first-order valence-electron chi connectivity index (χ1n) is 5.91. The number of hydrogen-bond donors (Lipinski definition) is 1. The summed E-state index contributed by atoms with van der Waals surface area (Å²) in [7, 11) is 2.26. The molecular formula is C12H26N2. The van der Waals surface area contributed by atoms with Crippen molar-refractivity contribution in [2.75, 3.05) is 20.1 Å². The van der Waals surface area contributed by atoms with Crippen LogP contribution in [0.15, 0.2) is 0 Å². The lowest BCUT2D eigenvalue weighted by Gasteiger charge is -2.36. The first-order valence-corrected chi connectivity index (χ1v) is 5.91. The molecule has 2 heteroatoms. The van der Waals surface area contributed by atoms with Gasteiger partial charge in [0.1, 0.15) is 0 Å². The Bertz CT molecular complexity index is 173. The van der Waals surface area contributed by atoms with Crippen LogP contribution in [0.2, 0.25) is 0 Å². The van der Waals surface area contributed by atoms with Gasteiger partial charge in [-0.1, -0.05) is 20.8 Å². The molecule has 1 aliphatic rings. The van der Waals surface area contributed by atoms with E-state index in [4.69, 9.17) is 0 Å². The van der Waals surface area contributed by atoms with E-state index in [9.17, 15) is 0 Å². The van der Waals surface area contributed by atoms with Crippen molar-refractivity contribution in [2.24, 2.45) is 5.41 Å². The van der Waals surface area contributed by atoms with Gasteiger partial charge >= 0.3 is 0 Å². The summed E-state index contributed by atoms with van der Waals surface area (Å²) in [6.45, 7) is 11.5. The molecule has 1 unspecified atom stereocenters. The average Bonchev–Trinajstić information content (AvgIpc) is 2.85. The molecule has 0 heterocycles. The summed E-state index contributed by atoms with van der Waals surface area (Å²) < 4.78 is 0. The maximum absolute atomic E-state index is 3.52. The van der Waals surface area contributed by atoms with Gasteiger partial charge in [-0.3, -0.25) is 0 Å². The fourth-order valence-corrected chi connectivity index (χ4v) is 2.01. The van der Waals surface area contributed by atoms with E-state index in [1.54, 1.807) is 0 Å². The van der Waals surface area contributed by atoms with E-state index in [1.807, 2.05) is 0 Å². The summed E-state index contributed by atoms with van der Waals surface area (Å²) in [4.78, 5) is 2.52. The summed E-state index contributed by atoms with van der Waals surface area (Å²) in [5.74, 6) is 0. The second-order valence-electron chi connectivity index (χ2n) is 5.41. The van der Waals surface area contributed by atoms with Crippen molar-refractivity contribution in [2.45, 2.75) is 52.6 Å². The van der Waals surface area contributed by atoms with Gasteiger partial charge in [-0.2, -0.15) is 0 Å². The molecule has 0 spiro atoms. The van der Waals surface area contributed by atoms with Gasteiger partial charge in [0.15, 0.2) is 0 Å². The van der Waals surface area contributed by atoms with Crippen molar-refractivity contribution < 1.29 is 0 Å².